The van der Waals surface area contributed by atoms with Crippen molar-refractivity contribution < 1.29 is 4.39 Å². The van der Waals surface area contributed by atoms with E-state index in [2.05, 4.69) is 47.0 Å². The summed E-state index contributed by atoms with van der Waals surface area (Å²) >= 11 is 8.10. The minimum atomic E-state index is -0.355. The molecule has 2 rings (SSSR count). The molecule has 0 saturated carbocycles. The number of nitrogens with one attached hydrogen (secondary N) is 1. The van der Waals surface area contributed by atoms with Crippen molar-refractivity contribution in [3.8, 4) is 0 Å². The summed E-state index contributed by atoms with van der Waals surface area (Å²) in [7, 11) is 0. The molecule has 4 heteroatoms. The minimum absolute atomic E-state index is 0.172. The van der Waals surface area contributed by atoms with Crippen LogP contribution in [0.25, 0.3) is 0 Å². The third-order valence-corrected chi connectivity index (χ3v) is 4.63. The van der Waals surface area contributed by atoms with Crippen LogP contribution >= 0.6 is 34.2 Å². The van der Waals surface area contributed by atoms with Gasteiger partial charge in [-0.3, -0.25) is 0 Å². The normalized spacial score (nSPS) is 12.4. The highest BCUT2D eigenvalue weighted by Gasteiger charge is 2.15. The van der Waals surface area contributed by atoms with Gasteiger partial charge in [-0.05, 0) is 71.3 Å². The molecule has 21 heavy (non-hydrogen) atoms. The molecule has 2 aromatic rings. The Labute approximate surface area is 144 Å². The lowest BCUT2D eigenvalue weighted by molar-refractivity contribution is 0.525. The van der Waals surface area contributed by atoms with Crippen LogP contribution in [0.3, 0.4) is 0 Å². The lowest BCUT2D eigenvalue weighted by atomic mass is 9.98. The van der Waals surface area contributed by atoms with Crippen LogP contribution < -0.4 is 5.32 Å². The Kier molecular flexibility index (Phi) is 6.45. The van der Waals surface area contributed by atoms with Crippen molar-refractivity contribution in [2.24, 2.45) is 0 Å². The molecule has 112 valence electrons. The maximum Gasteiger partial charge on any atom is 0.142 e. The minimum Gasteiger partial charge on any atom is -0.310 e. The van der Waals surface area contributed by atoms with E-state index in [1.807, 2.05) is 18.2 Å². The van der Waals surface area contributed by atoms with Crippen LogP contribution in [0, 0.1) is 9.39 Å². The fourth-order valence-corrected chi connectivity index (χ4v) is 3.15. The molecule has 0 bridgehead atoms. The van der Waals surface area contributed by atoms with Crippen LogP contribution in [-0.2, 0) is 6.42 Å². The molecule has 0 aliphatic rings. The lowest BCUT2D eigenvalue weighted by Crippen LogP contribution is -2.24. The second-order valence-electron chi connectivity index (χ2n) is 4.98. The first kappa shape index (κ1) is 16.7. The number of hydrogen-bond acceptors (Lipinski definition) is 1. The standard InChI is InChI=1S/C17H18ClFIN/c1-2-9-21-17(13-5-3-4-6-16(13)20)11-12-7-8-14(18)15(19)10-12/h3-8,10,17,21H,2,9,11H2,1H3. The van der Waals surface area contributed by atoms with Crippen LogP contribution in [0.1, 0.15) is 30.5 Å². The summed E-state index contributed by atoms with van der Waals surface area (Å²) in [6, 6.07) is 13.5. The van der Waals surface area contributed by atoms with Crippen LogP contribution in [-0.4, -0.2) is 6.54 Å². The van der Waals surface area contributed by atoms with E-state index in [9.17, 15) is 4.39 Å². The summed E-state index contributed by atoms with van der Waals surface area (Å²) in [5.74, 6) is -0.355. The van der Waals surface area contributed by atoms with E-state index in [0.717, 1.165) is 24.9 Å². The van der Waals surface area contributed by atoms with Gasteiger partial charge in [0.15, 0.2) is 0 Å². The fraction of sp³-hybridized carbons (Fsp3) is 0.294. The quantitative estimate of drug-likeness (QED) is 0.623. The molecule has 0 aliphatic carbocycles. The first-order valence-electron chi connectivity index (χ1n) is 7.03. The highest BCUT2D eigenvalue weighted by Crippen LogP contribution is 2.25. The van der Waals surface area contributed by atoms with Gasteiger partial charge < -0.3 is 5.32 Å². The number of benzene rings is 2. The zero-order valence-electron chi connectivity index (χ0n) is 11.9. The maximum atomic E-state index is 13.6. The molecule has 0 aromatic heterocycles. The molecular formula is C17H18ClFIN. The molecule has 0 aliphatic heterocycles. The predicted molar refractivity (Wildman–Crippen MR) is 95.3 cm³/mol. The average molecular weight is 418 g/mol. The summed E-state index contributed by atoms with van der Waals surface area (Å²) in [6.07, 6.45) is 1.81. The molecular weight excluding hydrogens is 400 g/mol. The Morgan fingerprint density at radius 1 is 1.24 bits per heavy atom. The monoisotopic (exact) mass is 417 g/mol. The van der Waals surface area contributed by atoms with Crippen LogP contribution in [0.2, 0.25) is 5.02 Å². The Morgan fingerprint density at radius 2 is 2.00 bits per heavy atom. The molecule has 0 spiro atoms. The first-order chi connectivity index (χ1) is 10.1. The van der Waals surface area contributed by atoms with E-state index in [1.165, 1.54) is 15.2 Å². The van der Waals surface area contributed by atoms with Gasteiger partial charge in [-0.25, -0.2) is 4.39 Å². The Hall–Kier alpha value is -0.650. The second kappa shape index (κ2) is 8.11. The maximum absolute atomic E-state index is 13.6. The molecule has 0 saturated heterocycles. The van der Waals surface area contributed by atoms with Crippen LogP contribution in [0.15, 0.2) is 42.5 Å². The first-order valence-corrected chi connectivity index (χ1v) is 8.49. The molecule has 1 N–H and O–H groups in total. The summed E-state index contributed by atoms with van der Waals surface area (Å²) < 4.78 is 14.8. The van der Waals surface area contributed by atoms with Gasteiger partial charge >= 0.3 is 0 Å². The largest absolute Gasteiger partial charge is 0.310 e. The van der Waals surface area contributed by atoms with Gasteiger partial charge in [0.1, 0.15) is 5.82 Å². The van der Waals surface area contributed by atoms with Gasteiger partial charge in [0.25, 0.3) is 0 Å². The summed E-state index contributed by atoms with van der Waals surface area (Å²) in [4.78, 5) is 0. The zero-order valence-corrected chi connectivity index (χ0v) is 14.8. The van der Waals surface area contributed by atoms with Crippen molar-refractivity contribution >= 4 is 34.2 Å². The van der Waals surface area contributed by atoms with E-state index in [1.54, 1.807) is 6.07 Å². The smallest absolute Gasteiger partial charge is 0.142 e. The highest BCUT2D eigenvalue weighted by atomic mass is 127. The van der Waals surface area contributed by atoms with Crippen molar-refractivity contribution in [1.29, 1.82) is 0 Å². The van der Waals surface area contributed by atoms with Gasteiger partial charge in [-0.15, -0.1) is 0 Å². The average Bonchev–Trinajstić information content (AvgIpc) is 2.48. The number of hydrogen-bond donors (Lipinski definition) is 1. The summed E-state index contributed by atoms with van der Waals surface area (Å²) in [6.45, 7) is 3.08. The van der Waals surface area contributed by atoms with Crippen molar-refractivity contribution in [1.82, 2.24) is 5.32 Å². The molecule has 0 amide bonds. The Balaban J connectivity index is 2.24. The highest BCUT2D eigenvalue weighted by molar-refractivity contribution is 14.1. The third-order valence-electron chi connectivity index (χ3n) is 3.35. The Morgan fingerprint density at radius 3 is 2.67 bits per heavy atom. The van der Waals surface area contributed by atoms with E-state index >= 15 is 0 Å². The van der Waals surface area contributed by atoms with Gasteiger partial charge in [0.05, 0.1) is 5.02 Å². The molecule has 1 unspecified atom stereocenters. The Bertz CT molecular complexity index is 603. The third kappa shape index (κ3) is 4.66. The van der Waals surface area contributed by atoms with Gasteiger partial charge in [0.2, 0.25) is 0 Å². The SMILES string of the molecule is CCCNC(Cc1ccc(Cl)c(F)c1)c1ccccc1I. The van der Waals surface area contributed by atoms with Crippen LogP contribution in [0.4, 0.5) is 4.39 Å². The zero-order chi connectivity index (χ0) is 15.2. The van der Waals surface area contributed by atoms with Crippen LogP contribution in [0.5, 0.6) is 0 Å². The van der Waals surface area contributed by atoms with Gasteiger partial charge in [-0.1, -0.05) is 42.8 Å². The topological polar surface area (TPSA) is 12.0 Å². The van der Waals surface area contributed by atoms with E-state index in [0.29, 0.717) is 0 Å². The molecule has 1 atom stereocenters. The molecule has 0 fully saturated rings. The van der Waals surface area contributed by atoms with Gasteiger partial charge in [0, 0.05) is 9.61 Å². The van der Waals surface area contributed by atoms with Gasteiger partial charge in [-0.2, -0.15) is 0 Å². The second-order valence-corrected chi connectivity index (χ2v) is 6.55. The van der Waals surface area contributed by atoms with Crippen molar-refractivity contribution in [3.05, 3.63) is 68.0 Å². The summed E-state index contributed by atoms with van der Waals surface area (Å²) in [5.41, 5.74) is 2.20. The molecule has 2 aromatic carbocycles. The molecule has 1 nitrogen and oxygen atoms in total. The number of rotatable bonds is 6. The van der Waals surface area contributed by atoms with Crippen molar-refractivity contribution in [2.75, 3.05) is 6.54 Å². The lowest BCUT2D eigenvalue weighted by Gasteiger charge is -2.20. The number of halogens is 3. The van der Waals surface area contributed by atoms with Crippen molar-refractivity contribution in [2.45, 2.75) is 25.8 Å². The molecule has 0 heterocycles. The van der Waals surface area contributed by atoms with Crippen molar-refractivity contribution in [3.63, 3.8) is 0 Å². The molecule has 0 radical (unpaired) electrons. The van der Waals surface area contributed by atoms with E-state index < -0.39 is 0 Å². The van der Waals surface area contributed by atoms with E-state index in [4.69, 9.17) is 11.6 Å². The van der Waals surface area contributed by atoms with E-state index in [-0.39, 0.29) is 16.9 Å². The summed E-state index contributed by atoms with van der Waals surface area (Å²) in [5, 5.41) is 3.72. The predicted octanol–water partition coefficient (Wildman–Crippen LogP) is 5.37. The fourth-order valence-electron chi connectivity index (χ4n) is 2.27.